The van der Waals surface area contributed by atoms with Crippen LogP contribution >= 0.6 is 23.4 Å². The van der Waals surface area contributed by atoms with Crippen LogP contribution in [0.5, 0.6) is 5.75 Å². The fraction of sp³-hybridized carbons (Fsp3) is 0.0816. The Morgan fingerprint density at radius 2 is 0.532 bits per heavy atom. The Hall–Kier alpha value is -12.9. The zero-order valence-corrected chi connectivity index (χ0v) is 63.8. The number of ketones is 6. The topological polar surface area (TPSA) is 118 Å². The van der Waals surface area contributed by atoms with E-state index in [1.165, 1.54) is 10.5 Å². The molecule has 109 heavy (non-hydrogen) atoms. The number of nitrogens with zero attached hydrogens (tertiary/aromatic N) is 2. The quantitative estimate of drug-likeness (QED) is 0.0769. The third kappa shape index (κ3) is 24.3. The number of halogens is 1. The molecule has 0 aromatic heterocycles. The first kappa shape index (κ1) is 80.2. The molecule has 0 saturated carbocycles. The van der Waals surface area contributed by atoms with Crippen LogP contribution in [0, 0.1) is 20.8 Å². The van der Waals surface area contributed by atoms with Gasteiger partial charge in [-0.25, -0.2) is 0 Å². The van der Waals surface area contributed by atoms with Gasteiger partial charge in [-0.15, -0.1) is 0 Å². The van der Waals surface area contributed by atoms with Crippen LogP contribution in [0.15, 0.2) is 380 Å². The van der Waals surface area contributed by atoms with Crippen LogP contribution in [-0.4, -0.2) is 70.0 Å². The van der Waals surface area contributed by atoms with Gasteiger partial charge in [0, 0.05) is 121 Å². The zero-order chi connectivity index (χ0) is 77.4. The van der Waals surface area contributed by atoms with Crippen molar-refractivity contribution in [1.29, 1.82) is 0 Å². The van der Waals surface area contributed by atoms with Crippen LogP contribution in [0.1, 0.15) is 112 Å². The molecule has 0 fully saturated rings. The highest BCUT2D eigenvalue weighted by Crippen LogP contribution is 2.29. The number of benzene rings is 14. The highest BCUT2D eigenvalue weighted by molar-refractivity contribution is 7.99. The molecule has 0 N–H and O–H groups in total. The number of carbonyl (C=O) groups excluding carboxylic acids is 6. The molecule has 0 aliphatic rings. The number of carbonyl (C=O) groups is 6. The van der Waals surface area contributed by atoms with E-state index in [1.807, 2.05) is 343 Å². The minimum Gasteiger partial charge on any atom is -0.496 e. The third-order valence-corrected chi connectivity index (χ3v) is 18.4. The minimum absolute atomic E-state index is 0.0206. The molecule has 542 valence electrons. The molecule has 14 aromatic carbocycles. The maximum atomic E-state index is 12.4. The number of ether oxygens (including phenoxy) is 1. The molecule has 0 aliphatic carbocycles. The summed E-state index contributed by atoms with van der Waals surface area (Å²) in [5.74, 6) is 1.12. The number of hydrogen-bond donors (Lipinski definition) is 0. The second kappa shape index (κ2) is 41.2. The Balaban J connectivity index is 0.000000152. The van der Waals surface area contributed by atoms with E-state index in [4.69, 9.17) is 16.3 Å². The van der Waals surface area contributed by atoms with Gasteiger partial charge in [0.2, 0.25) is 0 Å². The molecular weight excluding hydrogens is 1380 g/mol. The molecule has 0 heterocycles. The van der Waals surface area contributed by atoms with Gasteiger partial charge < -0.3 is 14.5 Å². The number of aryl methyl sites for hydroxylation is 3. The number of anilines is 2. The van der Waals surface area contributed by atoms with E-state index in [2.05, 4.69) is 43.3 Å². The smallest absolute Gasteiger partial charge is 0.193 e. The second-order valence-electron chi connectivity index (χ2n) is 25.6. The van der Waals surface area contributed by atoms with E-state index < -0.39 is 0 Å². The SMILES string of the molecule is CN(C)c1ccc(C(=O)c2ccc(N(C)C)cc2)cc1.COc1ccc(C(=O)c2cccc(C)c2)cc1C.Cc1ccc(Sc2ccc(C(=O)c3ccccc3)cc2)cc1.O=C(c1ccccc1)c1ccc(-c2ccccc2)cc1.O=C(c1ccccc1)c1ccc(Cl)cc1.O=C(c1ccccc1)c1ccccc1. The van der Waals surface area contributed by atoms with Gasteiger partial charge in [0.1, 0.15) is 5.75 Å². The van der Waals surface area contributed by atoms with Crippen LogP contribution in [0.25, 0.3) is 11.1 Å². The molecule has 0 radical (unpaired) electrons. The summed E-state index contributed by atoms with van der Waals surface area (Å²) >= 11 is 7.45. The predicted molar refractivity (Wildman–Crippen MR) is 448 cm³/mol. The molecule has 11 heteroatoms. The average molecular weight is 1470 g/mol. The number of hydrogen-bond acceptors (Lipinski definition) is 10. The van der Waals surface area contributed by atoms with E-state index in [9.17, 15) is 28.8 Å². The van der Waals surface area contributed by atoms with E-state index in [0.717, 1.165) is 83.2 Å². The standard InChI is InChI=1S/C20H16OS.C19H14O.C17H20N2O.C16H16O2.C13H9ClO.C13H10O/c1-15-7-11-18(12-8-15)22-19-13-9-17(10-14-19)20(21)16-5-3-2-4-6-16;20-19(17-9-5-2-6-10-17)18-13-11-16(12-14-18)15-7-3-1-4-8-15;1-18(2)15-9-5-13(6-10-15)17(20)14-7-11-16(12-8-14)19(3)4;1-11-5-4-6-13(9-11)16(17)14-7-8-15(18-3)12(2)10-14;14-12-8-6-11(7-9-12)13(15)10-4-2-1-3-5-10;14-13(11-7-3-1-4-8-11)12-9-5-2-6-10-12/h2-14H,1H3;1-14H;5-12H,1-4H3;4-10H,1-3H3;1-9H;1-10H. The lowest BCUT2D eigenvalue weighted by Gasteiger charge is -2.13. The first-order valence-electron chi connectivity index (χ1n) is 35.4. The second-order valence-corrected chi connectivity index (χ2v) is 27.2. The summed E-state index contributed by atoms with van der Waals surface area (Å²) in [4.78, 5) is 79.5. The lowest BCUT2D eigenvalue weighted by atomic mass is 9.99. The van der Waals surface area contributed by atoms with E-state index in [1.54, 1.807) is 61.3 Å². The highest BCUT2D eigenvalue weighted by Gasteiger charge is 2.15. The van der Waals surface area contributed by atoms with Crippen molar-refractivity contribution in [2.45, 2.75) is 30.6 Å². The Morgan fingerprint density at radius 3 is 0.862 bits per heavy atom. The monoisotopic (exact) mass is 1470 g/mol. The van der Waals surface area contributed by atoms with E-state index in [-0.39, 0.29) is 34.7 Å². The van der Waals surface area contributed by atoms with Gasteiger partial charge >= 0.3 is 0 Å². The summed E-state index contributed by atoms with van der Waals surface area (Å²) < 4.78 is 5.19. The molecule has 0 unspecified atom stereocenters. The molecule has 0 spiro atoms. The summed E-state index contributed by atoms with van der Waals surface area (Å²) in [6, 6.07) is 116. The van der Waals surface area contributed by atoms with Gasteiger partial charge in [0.15, 0.2) is 34.7 Å². The third-order valence-electron chi connectivity index (χ3n) is 17.1. The van der Waals surface area contributed by atoms with Gasteiger partial charge in [0.05, 0.1) is 7.11 Å². The normalized spacial score (nSPS) is 10.1. The summed E-state index contributed by atoms with van der Waals surface area (Å²) in [5, 5.41) is 0.639. The van der Waals surface area contributed by atoms with Crippen molar-refractivity contribution >= 4 is 69.4 Å². The van der Waals surface area contributed by atoms with Crippen molar-refractivity contribution < 1.29 is 33.5 Å². The Kier molecular flexibility index (Phi) is 30.3. The Morgan fingerprint density at radius 1 is 0.266 bits per heavy atom. The molecule has 9 nitrogen and oxygen atoms in total. The molecule has 14 aromatic rings. The van der Waals surface area contributed by atoms with Crippen molar-refractivity contribution in [3.8, 4) is 16.9 Å². The maximum Gasteiger partial charge on any atom is 0.193 e. The number of rotatable bonds is 18. The Bertz CT molecular complexity index is 5130. The lowest BCUT2D eigenvalue weighted by molar-refractivity contribution is 0.103. The van der Waals surface area contributed by atoms with E-state index in [0.29, 0.717) is 32.8 Å². The van der Waals surface area contributed by atoms with Crippen LogP contribution in [0.2, 0.25) is 5.02 Å². The van der Waals surface area contributed by atoms with Crippen molar-refractivity contribution in [3.63, 3.8) is 0 Å². The van der Waals surface area contributed by atoms with Gasteiger partial charge in [-0.3, -0.25) is 28.8 Å². The predicted octanol–water partition coefficient (Wildman–Crippen LogP) is 23.0. The highest BCUT2D eigenvalue weighted by atomic mass is 35.5. The van der Waals surface area contributed by atoms with Crippen LogP contribution in [0.4, 0.5) is 11.4 Å². The molecule has 0 aliphatic heterocycles. The molecule has 0 amide bonds. The van der Waals surface area contributed by atoms with Crippen molar-refractivity contribution in [1.82, 2.24) is 0 Å². The van der Waals surface area contributed by atoms with Gasteiger partial charge in [0.25, 0.3) is 0 Å². The first-order valence-corrected chi connectivity index (χ1v) is 36.6. The molecule has 0 saturated heterocycles. The van der Waals surface area contributed by atoms with Crippen molar-refractivity contribution in [3.05, 3.63) is 459 Å². The lowest BCUT2D eigenvalue weighted by Crippen LogP contribution is -2.10. The summed E-state index contributed by atoms with van der Waals surface area (Å²) in [6.07, 6.45) is 0. The van der Waals surface area contributed by atoms with E-state index >= 15 is 0 Å². The van der Waals surface area contributed by atoms with Crippen molar-refractivity contribution in [2.75, 3.05) is 45.1 Å². The van der Waals surface area contributed by atoms with Gasteiger partial charge in [-0.1, -0.05) is 271 Å². The molecular formula is C98H85ClN2O7S. The fourth-order valence-corrected chi connectivity index (χ4v) is 12.0. The minimum atomic E-state index is 0.0206. The van der Waals surface area contributed by atoms with Crippen LogP contribution in [0.3, 0.4) is 0 Å². The zero-order valence-electron chi connectivity index (χ0n) is 62.3. The maximum absolute atomic E-state index is 12.4. The fourth-order valence-electron chi connectivity index (χ4n) is 11.0. The van der Waals surface area contributed by atoms with Gasteiger partial charge in [-0.05, 0) is 171 Å². The summed E-state index contributed by atoms with van der Waals surface area (Å²) in [6.45, 7) is 6.00. The Labute approximate surface area is 649 Å². The molecule has 0 atom stereocenters. The summed E-state index contributed by atoms with van der Waals surface area (Å²) in [5.41, 5.74) is 16.3. The van der Waals surface area contributed by atoms with Gasteiger partial charge in [-0.2, -0.15) is 0 Å². The summed E-state index contributed by atoms with van der Waals surface area (Å²) in [7, 11) is 9.56. The van der Waals surface area contributed by atoms with Crippen LogP contribution in [-0.2, 0) is 0 Å². The molecule has 0 bridgehead atoms. The average Bonchev–Trinajstić information content (AvgIpc) is 0.833. The number of methoxy groups -OCH3 is 1. The van der Waals surface area contributed by atoms with Crippen molar-refractivity contribution in [2.24, 2.45) is 0 Å². The first-order chi connectivity index (χ1) is 52.8. The molecule has 14 rings (SSSR count). The van der Waals surface area contributed by atoms with Crippen LogP contribution < -0.4 is 14.5 Å². The largest absolute Gasteiger partial charge is 0.496 e.